The third-order valence-corrected chi connectivity index (χ3v) is 4.19. The molecule has 0 atom stereocenters. The molecule has 0 bridgehead atoms. The number of phenolic OH excluding ortho intramolecular Hbond substituents is 1. The van der Waals surface area contributed by atoms with E-state index in [1.807, 2.05) is 6.07 Å². The van der Waals surface area contributed by atoms with Crippen LogP contribution in [-0.2, 0) is 0 Å². The number of pyridine rings is 1. The monoisotopic (exact) mass is 338 g/mol. The summed E-state index contributed by atoms with van der Waals surface area (Å²) in [6, 6.07) is 8.71. The summed E-state index contributed by atoms with van der Waals surface area (Å²) in [6.45, 7) is 3.64. The van der Waals surface area contributed by atoms with Gasteiger partial charge in [-0.15, -0.1) is 18.3 Å². The van der Waals surface area contributed by atoms with Gasteiger partial charge >= 0.3 is 0 Å². The summed E-state index contributed by atoms with van der Waals surface area (Å²) < 4.78 is 5.02. The van der Waals surface area contributed by atoms with E-state index in [9.17, 15) is 15.6 Å². The Morgan fingerprint density at radius 2 is 2.08 bits per heavy atom. The Balaban J connectivity index is 2.78. The Hall–Kier alpha value is -3.16. The van der Waals surface area contributed by atoms with Crippen LogP contribution in [0.5, 0.6) is 11.5 Å². The zero-order valence-corrected chi connectivity index (χ0v) is 13.7. The average molecular weight is 338 g/mol. The molecule has 120 valence electrons. The van der Waals surface area contributed by atoms with Crippen molar-refractivity contribution in [3.8, 4) is 34.8 Å². The van der Waals surface area contributed by atoms with Gasteiger partial charge in [-0.25, -0.2) is 4.98 Å². The van der Waals surface area contributed by atoms with Crippen LogP contribution in [0.4, 0.5) is 5.82 Å². The van der Waals surface area contributed by atoms with Crippen molar-refractivity contribution in [1.82, 2.24) is 4.98 Å². The van der Waals surface area contributed by atoms with Crippen LogP contribution in [0.1, 0.15) is 11.1 Å². The molecule has 0 saturated heterocycles. The van der Waals surface area contributed by atoms with Crippen molar-refractivity contribution in [2.75, 3.05) is 18.6 Å². The lowest BCUT2D eigenvalue weighted by Crippen LogP contribution is -2.03. The highest BCUT2D eigenvalue weighted by atomic mass is 32.2. The van der Waals surface area contributed by atoms with E-state index in [0.29, 0.717) is 27.7 Å². The first-order chi connectivity index (χ1) is 11.6. The SMILES string of the molecule is C=CCSc1nc(N)c(C#N)c(-c2ccc(OC)c(O)c2)c1C#N. The third-order valence-electron chi connectivity index (χ3n) is 3.22. The van der Waals surface area contributed by atoms with E-state index in [0.717, 1.165) is 0 Å². The second kappa shape index (κ2) is 7.40. The molecule has 0 aliphatic heterocycles. The number of hydrogen-bond acceptors (Lipinski definition) is 7. The summed E-state index contributed by atoms with van der Waals surface area (Å²) in [5.41, 5.74) is 7.05. The number of ether oxygens (including phenoxy) is 1. The zero-order chi connectivity index (χ0) is 17.7. The number of benzene rings is 1. The van der Waals surface area contributed by atoms with Crippen molar-refractivity contribution in [2.45, 2.75) is 5.03 Å². The number of aromatic nitrogens is 1. The quantitative estimate of drug-likeness (QED) is 0.635. The molecule has 3 N–H and O–H groups in total. The Kier molecular flexibility index (Phi) is 5.31. The molecule has 2 rings (SSSR count). The fourth-order valence-electron chi connectivity index (χ4n) is 2.17. The number of rotatable bonds is 5. The maximum Gasteiger partial charge on any atom is 0.160 e. The lowest BCUT2D eigenvalue weighted by molar-refractivity contribution is 0.373. The molecular weight excluding hydrogens is 324 g/mol. The van der Waals surface area contributed by atoms with Gasteiger partial charge in [0.1, 0.15) is 28.5 Å². The third kappa shape index (κ3) is 3.12. The summed E-state index contributed by atoms with van der Waals surface area (Å²) in [5.74, 6) is 0.770. The molecule has 0 radical (unpaired) electrons. The molecule has 2 aromatic rings. The molecule has 6 nitrogen and oxygen atoms in total. The number of nitriles is 2. The number of thioether (sulfide) groups is 1. The van der Waals surface area contributed by atoms with Crippen molar-refractivity contribution in [1.29, 1.82) is 10.5 Å². The summed E-state index contributed by atoms with van der Waals surface area (Å²) in [6.07, 6.45) is 1.68. The van der Waals surface area contributed by atoms with Gasteiger partial charge in [0.15, 0.2) is 11.5 Å². The van der Waals surface area contributed by atoms with Gasteiger partial charge < -0.3 is 15.6 Å². The predicted molar refractivity (Wildman–Crippen MR) is 92.7 cm³/mol. The number of anilines is 1. The van der Waals surface area contributed by atoms with Gasteiger partial charge in [0.25, 0.3) is 0 Å². The van der Waals surface area contributed by atoms with E-state index in [2.05, 4.69) is 17.6 Å². The van der Waals surface area contributed by atoms with Crippen LogP contribution in [0.2, 0.25) is 0 Å². The van der Waals surface area contributed by atoms with Gasteiger partial charge in [0, 0.05) is 11.3 Å². The minimum Gasteiger partial charge on any atom is -0.504 e. The number of phenols is 1. The Labute approximate surface area is 143 Å². The molecule has 1 aromatic heterocycles. The maximum atomic E-state index is 10.0. The van der Waals surface area contributed by atoms with Crippen molar-refractivity contribution >= 4 is 17.6 Å². The van der Waals surface area contributed by atoms with Gasteiger partial charge in [0.05, 0.1) is 12.7 Å². The second-order valence-corrected chi connectivity index (χ2v) is 5.65. The van der Waals surface area contributed by atoms with Crippen molar-refractivity contribution in [2.24, 2.45) is 0 Å². The van der Waals surface area contributed by atoms with Gasteiger partial charge in [-0.3, -0.25) is 0 Å². The zero-order valence-electron chi connectivity index (χ0n) is 12.9. The first kappa shape index (κ1) is 17.2. The van der Waals surface area contributed by atoms with Crippen LogP contribution >= 0.6 is 11.8 Å². The summed E-state index contributed by atoms with van der Waals surface area (Å²) >= 11 is 1.30. The standard InChI is InChI=1S/C17H14N4O2S/c1-3-6-24-17-12(9-19)15(11(8-18)16(20)21-17)10-4-5-14(23-2)13(22)7-10/h3-5,7,22H,1,6H2,2H3,(H2,20,21). The first-order valence-electron chi connectivity index (χ1n) is 6.82. The first-order valence-corrected chi connectivity index (χ1v) is 7.80. The van der Waals surface area contributed by atoms with Gasteiger partial charge in [0.2, 0.25) is 0 Å². The fourth-order valence-corrected chi connectivity index (χ4v) is 2.91. The highest BCUT2D eigenvalue weighted by Gasteiger charge is 2.21. The second-order valence-electron chi connectivity index (χ2n) is 4.64. The van der Waals surface area contributed by atoms with E-state index in [-0.39, 0.29) is 22.7 Å². The fraction of sp³-hybridized carbons (Fsp3) is 0.118. The number of nitrogens with zero attached hydrogens (tertiary/aromatic N) is 3. The molecule has 0 saturated carbocycles. The van der Waals surface area contributed by atoms with Crippen molar-refractivity contribution in [3.05, 3.63) is 42.0 Å². The highest BCUT2D eigenvalue weighted by molar-refractivity contribution is 7.99. The summed E-state index contributed by atoms with van der Waals surface area (Å²) in [4.78, 5) is 4.16. The van der Waals surface area contributed by atoms with E-state index < -0.39 is 0 Å². The molecule has 0 spiro atoms. The molecule has 0 aliphatic rings. The van der Waals surface area contributed by atoms with Crippen molar-refractivity contribution in [3.63, 3.8) is 0 Å². The Morgan fingerprint density at radius 1 is 1.38 bits per heavy atom. The minimum absolute atomic E-state index is 0.0355. The molecule has 0 aliphatic carbocycles. The van der Waals surface area contributed by atoms with E-state index in [4.69, 9.17) is 10.5 Å². The molecule has 0 unspecified atom stereocenters. The molecule has 1 aromatic carbocycles. The lowest BCUT2D eigenvalue weighted by atomic mass is 9.96. The van der Waals surface area contributed by atoms with Gasteiger partial charge in [-0.05, 0) is 17.7 Å². The number of methoxy groups -OCH3 is 1. The van der Waals surface area contributed by atoms with Crippen LogP contribution in [0.25, 0.3) is 11.1 Å². The maximum absolute atomic E-state index is 10.0. The lowest BCUT2D eigenvalue weighted by Gasteiger charge is -2.13. The highest BCUT2D eigenvalue weighted by Crippen LogP contribution is 2.38. The van der Waals surface area contributed by atoms with Crippen LogP contribution in [0.15, 0.2) is 35.9 Å². The normalized spacial score (nSPS) is 9.79. The Bertz CT molecular complexity index is 882. The smallest absolute Gasteiger partial charge is 0.160 e. The van der Waals surface area contributed by atoms with Crippen LogP contribution in [-0.4, -0.2) is 23.0 Å². The van der Waals surface area contributed by atoms with Crippen molar-refractivity contribution < 1.29 is 9.84 Å². The molecular formula is C17H14N4O2S. The average Bonchev–Trinajstić information content (AvgIpc) is 2.59. The predicted octanol–water partition coefficient (Wildman–Crippen LogP) is 3.07. The number of hydrogen-bond donors (Lipinski definition) is 2. The minimum atomic E-state index is -0.0987. The number of nitrogen functional groups attached to an aromatic ring is 1. The van der Waals surface area contributed by atoms with E-state index in [1.54, 1.807) is 18.2 Å². The molecule has 0 fully saturated rings. The largest absolute Gasteiger partial charge is 0.504 e. The van der Waals surface area contributed by atoms with Gasteiger partial charge in [-0.1, -0.05) is 12.1 Å². The molecule has 7 heteroatoms. The van der Waals surface area contributed by atoms with Crippen LogP contribution in [0, 0.1) is 22.7 Å². The van der Waals surface area contributed by atoms with E-state index >= 15 is 0 Å². The van der Waals surface area contributed by atoms with Gasteiger partial charge in [-0.2, -0.15) is 10.5 Å². The topological polar surface area (TPSA) is 116 Å². The van der Waals surface area contributed by atoms with Crippen LogP contribution in [0.3, 0.4) is 0 Å². The summed E-state index contributed by atoms with van der Waals surface area (Å²) in [5, 5.41) is 29.4. The number of nitrogens with two attached hydrogens (primary N) is 1. The molecule has 0 amide bonds. The molecule has 1 heterocycles. The summed E-state index contributed by atoms with van der Waals surface area (Å²) in [7, 11) is 1.44. The van der Waals surface area contributed by atoms with Crippen LogP contribution < -0.4 is 10.5 Å². The number of aromatic hydroxyl groups is 1. The Morgan fingerprint density at radius 3 is 2.62 bits per heavy atom. The van der Waals surface area contributed by atoms with E-state index in [1.165, 1.54) is 24.9 Å². The molecule has 24 heavy (non-hydrogen) atoms.